The molecule has 4 rings (SSSR count). The van der Waals surface area contributed by atoms with Crippen LogP contribution in [0.5, 0.6) is 0 Å². The lowest BCUT2D eigenvalue weighted by Gasteiger charge is -2.35. The summed E-state index contributed by atoms with van der Waals surface area (Å²) in [5.41, 5.74) is 0. The summed E-state index contributed by atoms with van der Waals surface area (Å²) in [7, 11) is -3.44. The lowest BCUT2D eigenvalue weighted by atomic mass is 10.2. The lowest BCUT2D eigenvalue weighted by molar-refractivity contribution is 0.253. The number of halogens is 1. The van der Waals surface area contributed by atoms with Crippen molar-refractivity contribution in [3.8, 4) is 0 Å². The first-order chi connectivity index (χ1) is 14.5. The number of rotatable bonds is 8. The fourth-order valence-corrected chi connectivity index (χ4v) is 6.13. The van der Waals surface area contributed by atoms with Gasteiger partial charge in [-0.15, -0.1) is 0 Å². The van der Waals surface area contributed by atoms with Crippen molar-refractivity contribution in [3.63, 3.8) is 0 Å². The third-order valence-corrected chi connectivity index (χ3v) is 8.10. The SMILES string of the molecule is O=S(=O)(NCCCCN1CCN(c2nsc3ccccc23)CC1)c1cccc(Br)c1. The van der Waals surface area contributed by atoms with E-state index in [-0.39, 0.29) is 0 Å². The van der Waals surface area contributed by atoms with E-state index in [4.69, 9.17) is 0 Å². The van der Waals surface area contributed by atoms with E-state index in [1.165, 1.54) is 10.1 Å². The molecule has 0 unspecified atom stereocenters. The van der Waals surface area contributed by atoms with Crippen LogP contribution >= 0.6 is 27.5 Å². The average molecular weight is 509 g/mol. The molecule has 0 radical (unpaired) electrons. The van der Waals surface area contributed by atoms with Crippen LogP contribution in [-0.4, -0.2) is 57.0 Å². The molecule has 9 heteroatoms. The fraction of sp³-hybridized carbons (Fsp3) is 0.381. The first kappa shape index (κ1) is 21.7. The second-order valence-corrected chi connectivity index (χ2v) is 10.9. The van der Waals surface area contributed by atoms with Crippen molar-refractivity contribution in [1.82, 2.24) is 14.0 Å². The van der Waals surface area contributed by atoms with Crippen LogP contribution in [0.25, 0.3) is 10.1 Å². The number of nitrogens with zero attached hydrogens (tertiary/aromatic N) is 3. The second kappa shape index (κ2) is 9.74. The molecular formula is C21H25BrN4O2S2. The molecule has 2 heterocycles. The maximum atomic E-state index is 12.3. The number of piperazine rings is 1. The number of hydrogen-bond acceptors (Lipinski definition) is 6. The van der Waals surface area contributed by atoms with E-state index in [9.17, 15) is 8.42 Å². The highest BCUT2D eigenvalue weighted by Crippen LogP contribution is 2.29. The maximum Gasteiger partial charge on any atom is 0.240 e. The second-order valence-electron chi connectivity index (χ2n) is 7.39. The molecule has 0 bridgehead atoms. The van der Waals surface area contributed by atoms with E-state index >= 15 is 0 Å². The summed E-state index contributed by atoms with van der Waals surface area (Å²) in [5.74, 6) is 1.11. The van der Waals surface area contributed by atoms with Crippen molar-refractivity contribution < 1.29 is 8.42 Å². The predicted octanol–water partition coefficient (Wildman–Crippen LogP) is 3.94. The van der Waals surface area contributed by atoms with Gasteiger partial charge in [0.15, 0.2) is 0 Å². The van der Waals surface area contributed by atoms with Crippen molar-refractivity contribution in [2.24, 2.45) is 0 Å². The molecule has 0 atom stereocenters. The van der Waals surface area contributed by atoms with Gasteiger partial charge in [0.1, 0.15) is 5.82 Å². The molecule has 0 amide bonds. The summed E-state index contributed by atoms with van der Waals surface area (Å²) in [6.45, 7) is 5.42. The Kier molecular flexibility index (Phi) is 7.05. The molecule has 0 aliphatic carbocycles. The number of fused-ring (bicyclic) bond motifs is 1. The molecule has 1 saturated heterocycles. The van der Waals surface area contributed by atoms with Gasteiger partial charge in [-0.2, -0.15) is 4.37 Å². The number of sulfonamides is 1. The van der Waals surface area contributed by atoms with Gasteiger partial charge in [0.2, 0.25) is 10.0 Å². The van der Waals surface area contributed by atoms with Crippen LogP contribution in [0.3, 0.4) is 0 Å². The zero-order valence-electron chi connectivity index (χ0n) is 16.6. The zero-order chi connectivity index (χ0) is 21.0. The molecule has 160 valence electrons. The highest BCUT2D eigenvalue weighted by Gasteiger charge is 2.20. The summed E-state index contributed by atoms with van der Waals surface area (Å²) in [5, 5.41) is 1.24. The highest BCUT2D eigenvalue weighted by atomic mass is 79.9. The summed E-state index contributed by atoms with van der Waals surface area (Å²) in [4.78, 5) is 5.12. The van der Waals surface area contributed by atoms with Gasteiger partial charge in [0.25, 0.3) is 0 Å². The number of nitrogens with one attached hydrogen (secondary N) is 1. The van der Waals surface area contributed by atoms with E-state index in [2.05, 4.69) is 59.1 Å². The average Bonchev–Trinajstić information content (AvgIpc) is 3.18. The van der Waals surface area contributed by atoms with E-state index in [0.717, 1.165) is 55.9 Å². The Morgan fingerprint density at radius 3 is 2.63 bits per heavy atom. The minimum atomic E-state index is -3.44. The first-order valence-corrected chi connectivity index (χ1v) is 13.1. The molecule has 1 fully saturated rings. The molecule has 1 aromatic heterocycles. The molecule has 2 aromatic carbocycles. The topological polar surface area (TPSA) is 65.5 Å². The Morgan fingerprint density at radius 1 is 1.03 bits per heavy atom. The molecule has 1 aliphatic rings. The van der Waals surface area contributed by atoms with Crippen LogP contribution in [0, 0.1) is 0 Å². The van der Waals surface area contributed by atoms with Gasteiger partial charge in [-0.05, 0) is 61.3 Å². The third-order valence-electron chi connectivity index (χ3n) is 5.33. The minimum Gasteiger partial charge on any atom is -0.353 e. The third kappa shape index (κ3) is 5.20. The molecule has 1 aliphatic heterocycles. The number of unbranched alkanes of at least 4 members (excludes halogenated alkanes) is 1. The molecule has 3 aromatic rings. The first-order valence-electron chi connectivity index (χ1n) is 10.1. The van der Waals surface area contributed by atoms with Crippen LogP contribution in [0.1, 0.15) is 12.8 Å². The van der Waals surface area contributed by atoms with Crippen molar-refractivity contribution in [1.29, 1.82) is 0 Å². The van der Waals surface area contributed by atoms with Gasteiger partial charge in [-0.25, -0.2) is 13.1 Å². The maximum absolute atomic E-state index is 12.3. The zero-order valence-corrected chi connectivity index (χ0v) is 19.8. The van der Waals surface area contributed by atoms with Crippen molar-refractivity contribution in [2.75, 3.05) is 44.2 Å². The van der Waals surface area contributed by atoms with Gasteiger partial charge in [0, 0.05) is 42.6 Å². The van der Waals surface area contributed by atoms with Crippen molar-refractivity contribution in [3.05, 3.63) is 53.0 Å². The Hall–Kier alpha value is -1.52. The monoisotopic (exact) mass is 508 g/mol. The van der Waals surface area contributed by atoms with E-state index in [1.54, 1.807) is 29.7 Å². The summed E-state index contributed by atoms with van der Waals surface area (Å²) < 4.78 is 34.0. The van der Waals surface area contributed by atoms with Crippen molar-refractivity contribution >= 4 is 53.4 Å². The molecule has 0 spiro atoms. The number of aromatic nitrogens is 1. The molecule has 30 heavy (non-hydrogen) atoms. The quantitative estimate of drug-likeness (QED) is 0.466. The van der Waals surface area contributed by atoms with Crippen LogP contribution in [-0.2, 0) is 10.0 Å². The molecule has 1 N–H and O–H groups in total. The Bertz CT molecular complexity index is 1100. The van der Waals surface area contributed by atoms with Crippen molar-refractivity contribution in [2.45, 2.75) is 17.7 Å². The fourth-order valence-electron chi connectivity index (χ4n) is 3.67. The Balaban J connectivity index is 1.18. The largest absolute Gasteiger partial charge is 0.353 e. The van der Waals surface area contributed by atoms with E-state index < -0.39 is 10.0 Å². The molecular weight excluding hydrogens is 484 g/mol. The number of hydrogen-bond donors (Lipinski definition) is 1. The predicted molar refractivity (Wildman–Crippen MR) is 127 cm³/mol. The Labute approximate surface area is 190 Å². The number of benzene rings is 2. The van der Waals surface area contributed by atoms with Gasteiger partial charge in [-0.1, -0.05) is 34.1 Å². The summed E-state index contributed by atoms with van der Waals surface area (Å²) in [6, 6.07) is 15.2. The van der Waals surface area contributed by atoms with Crippen LogP contribution in [0.15, 0.2) is 57.9 Å². The van der Waals surface area contributed by atoms with Crippen LogP contribution < -0.4 is 9.62 Å². The van der Waals surface area contributed by atoms with Gasteiger partial charge >= 0.3 is 0 Å². The van der Waals surface area contributed by atoms with Crippen LogP contribution in [0.4, 0.5) is 5.82 Å². The van der Waals surface area contributed by atoms with Gasteiger partial charge in [0.05, 0.1) is 9.60 Å². The smallest absolute Gasteiger partial charge is 0.240 e. The van der Waals surface area contributed by atoms with Gasteiger partial charge in [-0.3, -0.25) is 4.90 Å². The summed E-state index contributed by atoms with van der Waals surface area (Å²) >= 11 is 4.88. The normalized spacial score (nSPS) is 15.7. The van der Waals surface area contributed by atoms with Crippen LogP contribution in [0.2, 0.25) is 0 Å². The minimum absolute atomic E-state index is 0.294. The highest BCUT2D eigenvalue weighted by molar-refractivity contribution is 9.10. The number of anilines is 1. The summed E-state index contributed by atoms with van der Waals surface area (Å²) in [6.07, 6.45) is 1.80. The van der Waals surface area contributed by atoms with E-state index in [0.29, 0.717) is 11.4 Å². The Morgan fingerprint density at radius 2 is 1.83 bits per heavy atom. The lowest BCUT2D eigenvalue weighted by Crippen LogP contribution is -2.46. The van der Waals surface area contributed by atoms with E-state index in [1.807, 2.05) is 6.07 Å². The standard InChI is InChI=1S/C21H25BrN4O2S2/c22-17-6-5-7-18(16-17)30(27,28)23-10-3-4-11-25-12-14-26(15-13-25)21-19-8-1-2-9-20(19)29-24-21/h1-2,5-9,16,23H,3-4,10-15H2. The van der Waals surface area contributed by atoms with Gasteiger partial charge < -0.3 is 4.90 Å². The molecule has 0 saturated carbocycles. The molecule has 6 nitrogen and oxygen atoms in total.